The van der Waals surface area contributed by atoms with Gasteiger partial charge in [-0.15, -0.1) is 12.4 Å². The molecule has 4 rings (SSSR count). The molecule has 1 amide bonds. The van der Waals surface area contributed by atoms with Crippen molar-refractivity contribution >= 4 is 18.3 Å². The van der Waals surface area contributed by atoms with Gasteiger partial charge in [0.05, 0.1) is 0 Å². The summed E-state index contributed by atoms with van der Waals surface area (Å²) < 4.78 is 13.1. The molecule has 24 heavy (non-hydrogen) atoms. The van der Waals surface area contributed by atoms with Crippen LogP contribution in [0.15, 0.2) is 24.3 Å². The minimum Gasteiger partial charge on any atom is -0.339 e. The van der Waals surface area contributed by atoms with Gasteiger partial charge >= 0.3 is 0 Å². The van der Waals surface area contributed by atoms with E-state index in [1.807, 2.05) is 12.1 Å². The molecule has 5 heteroatoms. The largest absolute Gasteiger partial charge is 0.339 e. The zero-order valence-corrected chi connectivity index (χ0v) is 14.9. The molecule has 3 unspecified atom stereocenters. The number of amides is 1. The maximum absolute atomic E-state index is 13.1. The van der Waals surface area contributed by atoms with E-state index in [9.17, 15) is 9.18 Å². The summed E-state index contributed by atoms with van der Waals surface area (Å²) in [5, 5.41) is 3.40. The maximum Gasteiger partial charge on any atom is 0.226 e. The van der Waals surface area contributed by atoms with E-state index in [1.54, 1.807) is 0 Å². The Hall–Kier alpha value is -1.13. The summed E-state index contributed by atoms with van der Waals surface area (Å²) in [6.45, 7) is 5.05. The van der Waals surface area contributed by atoms with Crippen molar-refractivity contribution in [2.45, 2.75) is 44.6 Å². The Kier molecular flexibility index (Phi) is 4.89. The highest BCUT2D eigenvalue weighted by Crippen LogP contribution is 2.59. The molecule has 0 aromatic heterocycles. The predicted molar refractivity (Wildman–Crippen MR) is 94.8 cm³/mol. The van der Waals surface area contributed by atoms with E-state index in [4.69, 9.17) is 0 Å². The zero-order valence-electron chi connectivity index (χ0n) is 14.1. The van der Waals surface area contributed by atoms with Crippen LogP contribution in [0.5, 0.6) is 0 Å². The molecule has 132 valence electrons. The third-order valence-electron chi connectivity index (χ3n) is 6.29. The lowest BCUT2D eigenvalue weighted by molar-refractivity contribution is -0.134. The van der Waals surface area contributed by atoms with E-state index in [0.717, 1.165) is 50.9 Å². The van der Waals surface area contributed by atoms with E-state index < -0.39 is 0 Å². The van der Waals surface area contributed by atoms with Crippen molar-refractivity contribution in [1.82, 2.24) is 10.2 Å². The van der Waals surface area contributed by atoms with Crippen LogP contribution in [0.3, 0.4) is 0 Å². The molecule has 3 atom stereocenters. The summed E-state index contributed by atoms with van der Waals surface area (Å²) in [7, 11) is 0. The van der Waals surface area contributed by atoms with Gasteiger partial charge in [-0.25, -0.2) is 4.39 Å². The van der Waals surface area contributed by atoms with Crippen molar-refractivity contribution in [2.24, 2.45) is 11.3 Å². The van der Waals surface area contributed by atoms with Gasteiger partial charge in [0.15, 0.2) is 0 Å². The fourth-order valence-electron chi connectivity index (χ4n) is 4.69. The van der Waals surface area contributed by atoms with Crippen LogP contribution in [0.1, 0.15) is 44.1 Å². The van der Waals surface area contributed by atoms with Crippen molar-refractivity contribution < 1.29 is 9.18 Å². The smallest absolute Gasteiger partial charge is 0.226 e. The molecule has 3 aliphatic rings. The van der Waals surface area contributed by atoms with Crippen LogP contribution in [0.4, 0.5) is 4.39 Å². The second-order valence-electron chi connectivity index (χ2n) is 7.69. The first-order valence-corrected chi connectivity index (χ1v) is 8.86. The van der Waals surface area contributed by atoms with Gasteiger partial charge in [0.1, 0.15) is 5.82 Å². The van der Waals surface area contributed by atoms with Gasteiger partial charge in [-0.3, -0.25) is 4.79 Å². The molecular formula is C19H26ClFN2O. The van der Waals surface area contributed by atoms with Crippen LogP contribution in [-0.2, 0) is 4.79 Å². The SMILES string of the molecule is CC1CC(c2ccc(F)cc2)CN1C(=O)C1CC12CCNCC2.Cl. The lowest BCUT2D eigenvalue weighted by Crippen LogP contribution is -2.38. The van der Waals surface area contributed by atoms with E-state index in [2.05, 4.69) is 17.1 Å². The molecule has 1 saturated carbocycles. The standard InChI is InChI=1S/C19H25FN2O.ClH/c1-13-10-15(14-2-4-16(20)5-3-14)12-22(13)18(23)17-11-19(17)6-8-21-9-7-19;/h2-5,13,15,17,21H,6-12H2,1H3;1H. The molecule has 1 aromatic carbocycles. The average molecular weight is 353 g/mol. The Morgan fingerprint density at radius 1 is 1.25 bits per heavy atom. The molecular weight excluding hydrogens is 327 g/mol. The number of rotatable bonds is 2. The normalized spacial score (nSPS) is 30.9. The molecule has 3 fully saturated rings. The lowest BCUT2D eigenvalue weighted by Gasteiger charge is -2.26. The molecule has 2 aliphatic heterocycles. The minimum atomic E-state index is -0.196. The van der Waals surface area contributed by atoms with E-state index in [-0.39, 0.29) is 30.2 Å². The van der Waals surface area contributed by atoms with Crippen LogP contribution >= 0.6 is 12.4 Å². The number of nitrogens with zero attached hydrogens (tertiary/aromatic N) is 1. The molecule has 1 spiro atoms. The van der Waals surface area contributed by atoms with Gasteiger partial charge in [-0.2, -0.15) is 0 Å². The minimum absolute atomic E-state index is 0. The van der Waals surface area contributed by atoms with Crippen LogP contribution in [0, 0.1) is 17.2 Å². The fourth-order valence-corrected chi connectivity index (χ4v) is 4.69. The number of halogens is 2. The number of piperidine rings is 1. The van der Waals surface area contributed by atoms with Gasteiger partial charge in [-0.1, -0.05) is 12.1 Å². The fraction of sp³-hybridized carbons (Fsp3) is 0.632. The number of carbonyl (C=O) groups excluding carboxylic acids is 1. The summed E-state index contributed by atoms with van der Waals surface area (Å²) >= 11 is 0. The Balaban J connectivity index is 0.00000169. The highest BCUT2D eigenvalue weighted by atomic mass is 35.5. The lowest BCUT2D eigenvalue weighted by atomic mass is 9.91. The predicted octanol–water partition coefficient (Wildman–Crippen LogP) is 3.34. The second kappa shape index (κ2) is 6.64. The second-order valence-corrected chi connectivity index (χ2v) is 7.69. The molecule has 2 saturated heterocycles. The molecule has 1 aliphatic carbocycles. The number of carbonyl (C=O) groups is 1. The first-order valence-electron chi connectivity index (χ1n) is 8.86. The molecule has 0 bridgehead atoms. The topological polar surface area (TPSA) is 32.3 Å². The van der Waals surface area contributed by atoms with E-state index in [0.29, 0.717) is 17.2 Å². The quantitative estimate of drug-likeness (QED) is 0.885. The molecule has 0 radical (unpaired) electrons. The molecule has 1 N–H and O–H groups in total. The van der Waals surface area contributed by atoms with Gasteiger partial charge in [0.25, 0.3) is 0 Å². The third kappa shape index (κ3) is 3.06. The van der Waals surface area contributed by atoms with Crippen LogP contribution in [0.2, 0.25) is 0 Å². The summed E-state index contributed by atoms with van der Waals surface area (Å²) in [6.07, 6.45) is 4.36. The summed E-state index contributed by atoms with van der Waals surface area (Å²) in [6, 6.07) is 7.07. The van der Waals surface area contributed by atoms with Crippen molar-refractivity contribution in [1.29, 1.82) is 0 Å². The van der Waals surface area contributed by atoms with Crippen molar-refractivity contribution in [3.63, 3.8) is 0 Å². The molecule has 1 aromatic rings. The van der Waals surface area contributed by atoms with E-state index in [1.165, 1.54) is 12.1 Å². The van der Waals surface area contributed by atoms with Crippen LogP contribution in [0.25, 0.3) is 0 Å². The van der Waals surface area contributed by atoms with E-state index >= 15 is 0 Å². The van der Waals surface area contributed by atoms with Gasteiger partial charge in [-0.05, 0) is 68.8 Å². The number of nitrogens with one attached hydrogen (secondary N) is 1. The third-order valence-corrected chi connectivity index (χ3v) is 6.29. The van der Waals surface area contributed by atoms with Crippen molar-refractivity contribution in [2.75, 3.05) is 19.6 Å². The van der Waals surface area contributed by atoms with Crippen molar-refractivity contribution in [3.8, 4) is 0 Å². The number of hydrogen-bond donors (Lipinski definition) is 1. The maximum atomic E-state index is 13.1. The van der Waals surface area contributed by atoms with Crippen molar-refractivity contribution in [3.05, 3.63) is 35.6 Å². The number of benzene rings is 1. The Bertz CT molecular complexity index is 600. The van der Waals surface area contributed by atoms with Crippen LogP contribution in [-0.4, -0.2) is 36.5 Å². The summed E-state index contributed by atoms with van der Waals surface area (Å²) in [5.74, 6) is 0.763. The van der Waals surface area contributed by atoms with Gasteiger partial charge in [0, 0.05) is 24.4 Å². The Morgan fingerprint density at radius 2 is 1.92 bits per heavy atom. The monoisotopic (exact) mass is 352 g/mol. The molecule has 2 heterocycles. The van der Waals surface area contributed by atoms with Gasteiger partial charge < -0.3 is 10.2 Å². The Labute approximate surface area is 149 Å². The molecule has 3 nitrogen and oxygen atoms in total. The summed E-state index contributed by atoms with van der Waals surface area (Å²) in [5.41, 5.74) is 1.46. The highest BCUT2D eigenvalue weighted by Gasteiger charge is 2.59. The summed E-state index contributed by atoms with van der Waals surface area (Å²) in [4.78, 5) is 15.1. The zero-order chi connectivity index (χ0) is 16.0. The van der Waals surface area contributed by atoms with Gasteiger partial charge in [0.2, 0.25) is 5.91 Å². The first-order chi connectivity index (χ1) is 11.1. The number of hydrogen-bond acceptors (Lipinski definition) is 2. The average Bonchev–Trinajstić information content (AvgIpc) is 3.09. The van der Waals surface area contributed by atoms with Crippen LogP contribution < -0.4 is 5.32 Å². The highest BCUT2D eigenvalue weighted by molar-refractivity contribution is 5.85. The first kappa shape index (κ1) is 17.7. The number of likely N-dealkylation sites (tertiary alicyclic amines) is 1. The Morgan fingerprint density at radius 3 is 2.58 bits per heavy atom.